The lowest BCUT2D eigenvalue weighted by Gasteiger charge is -2.34. The van der Waals surface area contributed by atoms with Crippen molar-refractivity contribution in [3.05, 3.63) is 41.3 Å². The summed E-state index contributed by atoms with van der Waals surface area (Å²) in [5, 5.41) is 4.13. The number of thiocarbonyl (C=S) groups is 1. The van der Waals surface area contributed by atoms with Crippen LogP contribution in [-0.2, 0) is 17.9 Å². The van der Waals surface area contributed by atoms with Gasteiger partial charge in [0.05, 0.1) is 12.6 Å². The molecule has 0 amide bonds. The van der Waals surface area contributed by atoms with Crippen molar-refractivity contribution in [2.45, 2.75) is 53.2 Å². The van der Waals surface area contributed by atoms with E-state index in [0.717, 1.165) is 83.6 Å². The van der Waals surface area contributed by atoms with E-state index in [-0.39, 0.29) is 0 Å². The molecule has 3 N–H and O–H groups in total. The Morgan fingerprint density at radius 2 is 1.89 bits per heavy atom. The summed E-state index contributed by atoms with van der Waals surface area (Å²) in [5.41, 5.74) is 11.2. The van der Waals surface area contributed by atoms with Crippen molar-refractivity contribution in [3.63, 3.8) is 0 Å². The molecule has 0 radical (unpaired) electrons. The van der Waals surface area contributed by atoms with E-state index in [2.05, 4.69) is 26.7 Å². The molecule has 1 aliphatic heterocycles. The summed E-state index contributed by atoms with van der Waals surface area (Å²) in [6, 6.07) is 7.84. The van der Waals surface area contributed by atoms with Crippen LogP contribution in [0.2, 0.25) is 0 Å². The van der Waals surface area contributed by atoms with Gasteiger partial charge >= 0.3 is 0 Å². The predicted octanol–water partition coefficient (Wildman–Crippen LogP) is 4.67. The minimum Gasteiger partial charge on any atom is -0.497 e. The van der Waals surface area contributed by atoms with Gasteiger partial charge in [-0.1, -0.05) is 0 Å². The largest absolute Gasteiger partial charge is 0.497 e. The van der Waals surface area contributed by atoms with Crippen molar-refractivity contribution in [2.75, 3.05) is 37.9 Å². The number of methoxy groups -OCH3 is 1. The Bertz CT molecular complexity index is 1170. The van der Waals surface area contributed by atoms with E-state index in [1.807, 2.05) is 38.1 Å². The second-order valence-electron chi connectivity index (χ2n) is 9.10. The molecule has 0 unspecified atom stereocenters. The van der Waals surface area contributed by atoms with Crippen LogP contribution in [0, 0.1) is 19.8 Å². The van der Waals surface area contributed by atoms with Crippen molar-refractivity contribution in [1.29, 1.82) is 0 Å². The maximum atomic E-state index is 6.23. The van der Waals surface area contributed by atoms with Gasteiger partial charge in [0.25, 0.3) is 0 Å². The number of nitrogens with two attached hydrogens (primary N) is 1. The van der Waals surface area contributed by atoms with Crippen LogP contribution in [0.5, 0.6) is 5.75 Å². The zero-order chi connectivity index (χ0) is 24.9. The zero-order valence-corrected chi connectivity index (χ0v) is 22.0. The summed E-state index contributed by atoms with van der Waals surface area (Å²) in [7, 11) is 1.67. The number of rotatable bonds is 8. The lowest BCUT2D eigenvalue weighted by molar-refractivity contribution is 0.125. The summed E-state index contributed by atoms with van der Waals surface area (Å²) >= 11 is 5.67. The van der Waals surface area contributed by atoms with Gasteiger partial charge in [0.2, 0.25) is 0 Å². The first-order chi connectivity index (χ1) is 16.9. The molecular formula is C26H36N6O2S. The second kappa shape index (κ2) is 11.2. The number of ether oxygens (including phenoxy) is 2. The van der Waals surface area contributed by atoms with Crippen molar-refractivity contribution in [3.8, 4) is 5.75 Å². The summed E-state index contributed by atoms with van der Waals surface area (Å²) in [5.74, 6) is 2.88. The topological polar surface area (TPSA) is 90.5 Å². The van der Waals surface area contributed by atoms with E-state index in [9.17, 15) is 0 Å². The first kappa shape index (κ1) is 25.2. The van der Waals surface area contributed by atoms with Gasteiger partial charge in [0.15, 0.2) is 10.9 Å². The maximum absolute atomic E-state index is 6.23. The standard InChI is InChI=1S/C26H36N6O2S/c1-5-34-16-22-30-23-24(17(2)18(3)28-25(23)27)32(22)15-12-19-10-13-31(14-11-19)26(35)29-20-6-8-21(33-4)9-7-20/h6-9,19H,5,10-16H2,1-4H3,(H2,27,28)(H,29,35). The lowest BCUT2D eigenvalue weighted by Crippen LogP contribution is -2.41. The number of aromatic nitrogens is 3. The Hall–Kier alpha value is -2.91. The van der Waals surface area contributed by atoms with E-state index in [4.69, 9.17) is 32.4 Å². The fourth-order valence-corrected chi connectivity index (χ4v) is 5.00. The number of piperidine rings is 1. The van der Waals surface area contributed by atoms with Crippen LogP contribution in [0.15, 0.2) is 24.3 Å². The van der Waals surface area contributed by atoms with Crippen molar-refractivity contribution in [2.24, 2.45) is 5.92 Å². The summed E-state index contributed by atoms with van der Waals surface area (Å²) in [6.45, 7) is 10.0. The molecule has 2 aromatic heterocycles. The molecule has 0 aliphatic carbocycles. The average molecular weight is 497 g/mol. The van der Waals surface area contributed by atoms with Crippen LogP contribution < -0.4 is 15.8 Å². The molecule has 188 valence electrons. The third-order valence-electron chi connectivity index (χ3n) is 6.91. The van der Waals surface area contributed by atoms with Crippen LogP contribution in [-0.4, -0.2) is 51.4 Å². The number of pyridine rings is 1. The Morgan fingerprint density at radius 1 is 1.17 bits per heavy atom. The number of imidazole rings is 1. The number of nitrogen functional groups attached to an aromatic ring is 1. The molecule has 3 aromatic rings. The van der Waals surface area contributed by atoms with Crippen LogP contribution in [0.1, 0.15) is 43.3 Å². The first-order valence-electron chi connectivity index (χ1n) is 12.3. The fraction of sp³-hybridized carbons (Fsp3) is 0.500. The minimum absolute atomic E-state index is 0.479. The molecular weight excluding hydrogens is 460 g/mol. The molecule has 0 bridgehead atoms. The normalized spacial score (nSPS) is 14.5. The first-order valence-corrected chi connectivity index (χ1v) is 12.7. The maximum Gasteiger partial charge on any atom is 0.173 e. The van der Waals surface area contributed by atoms with Gasteiger partial charge in [-0.05, 0) is 88.0 Å². The second-order valence-corrected chi connectivity index (χ2v) is 9.49. The van der Waals surface area contributed by atoms with Crippen molar-refractivity contribution < 1.29 is 9.47 Å². The van der Waals surface area contributed by atoms with Gasteiger partial charge < -0.3 is 30.0 Å². The van der Waals surface area contributed by atoms with Crippen LogP contribution in [0.25, 0.3) is 11.0 Å². The molecule has 35 heavy (non-hydrogen) atoms. The van der Waals surface area contributed by atoms with Gasteiger partial charge in [0, 0.05) is 37.6 Å². The smallest absolute Gasteiger partial charge is 0.173 e. The molecule has 1 fully saturated rings. The number of hydrogen-bond donors (Lipinski definition) is 2. The predicted molar refractivity (Wildman–Crippen MR) is 145 cm³/mol. The van der Waals surface area contributed by atoms with Gasteiger partial charge in [-0.15, -0.1) is 0 Å². The molecule has 1 aromatic carbocycles. The van der Waals surface area contributed by atoms with E-state index < -0.39 is 0 Å². The van der Waals surface area contributed by atoms with E-state index in [1.165, 1.54) is 0 Å². The molecule has 9 heteroatoms. The summed E-state index contributed by atoms with van der Waals surface area (Å²) in [6.07, 6.45) is 3.30. The Labute approximate surface area is 212 Å². The van der Waals surface area contributed by atoms with E-state index >= 15 is 0 Å². The highest BCUT2D eigenvalue weighted by Crippen LogP contribution is 2.29. The van der Waals surface area contributed by atoms with Crippen LogP contribution >= 0.6 is 12.2 Å². The third-order valence-corrected chi connectivity index (χ3v) is 7.27. The number of anilines is 2. The number of nitrogens with zero attached hydrogens (tertiary/aromatic N) is 4. The number of aryl methyl sites for hydroxylation is 3. The van der Waals surface area contributed by atoms with Crippen molar-refractivity contribution in [1.82, 2.24) is 19.4 Å². The molecule has 0 spiro atoms. The quantitative estimate of drug-likeness (QED) is 0.435. The number of fused-ring (bicyclic) bond motifs is 1. The van der Waals surface area contributed by atoms with Gasteiger partial charge in [-0.25, -0.2) is 9.97 Å². The molecule has 3 heterocycles. The summed E-state index contributed by atoms with van der Waals surface area (Å²) in [4.78, 5) is 11.6. The lowest BCUT2D eigenvalue weighted by atomic mass is 9.93. The molecule has 1 saturated heterocycles. The molecule has 8 nitrogen and oxygen atoms in total. The molecule has 4 rings (SSSR count). The Balaban J connectivity index is 1.38. The fourth-order valence-electron chi connectivity index (χ4n) is 4.70. The highest BCUT2D eigenvalue weighted by Gasteiger charge is 2.23. The highest BCUT2D eigenvalue weighted by molar-refractivity contribution is 7.80. The number of likely N-dealkylation sites (tertiary alicyclic amines) is 1. The molecule has 0 saturated carbocycles. The SMILES string of the molecule is CCOCc1nc2c(N)nc(C)c(C)c2n1CCC1CCN(C(=S)Nc2ccc(OC)cc2)CC1. The van der Waals surface area contributed by atoms with Gasteiger partial charge in [0.1, 0.15) is 23.7 Å². The van der Waals surface area contributed by atoms with Crippen LogP contribution in [0.4, 0.5) is 11.5 Å². The van der Waals surface area contributed by atoms with Crippen LogP contribution in [0.3, 0.4) is 0 Å². The summed E-state index contributed by atoms with van der Waals surface area (Å²) < 4.78 is 13.2. The number of hydrogen-bond acceptors (Lipinski definition) is 6. The molecule has 1 aliphatic rings. The number of benzene rings is 1. The van der Waals surface area contributed by atoms with E-state index in [0.29, 0.717) is 24.9 Å². The minimum atomic E-state index is 0.479. The third kappa shape index (κ3) is 5.67. The number of nitrogens with one attached hydrogen (secondary N) is 1. The van der Waals surface area contributed by atoms with Crippen molar-refractivity contribution >= 4 is 39.9 Å². The Kier molecular flexibility index (Phi) is 8.07. The van der Waals surface area contributed by atoms with Gasteiger partial charge in [-0.2, -0.15) is 0 Å². The average Bonchev–Trinajstić information content (AvgIpc) is 3.24. The Morgan fingerprint density at radius 3 is 2.54 bits per heavy atom. The monoisotopic (exact) mass is 496 g/mol. The molecule has 0 atom stereocenters. The highest BCUT2D eigenvalue weighted by atomic mass is 32.1. The van der Waals surface area contributed by atoms with Gasteiger partial charge in [-0.3, -0.25) is 0 Å². The zero-order valence-electron chi connectivity index (χ0n) is 21.1. The van der Waals surface area contributed by atoms with E-state index in [1.54, 1.807) is 7.11 Å².